The molecular weight excluding hydrogens is 492 g/mol. The van der Waals surface area contributed by atoms with Crippen molar-refractivity contribution in [3.05, 3.63) is 95.1 Å². The molecule has 0 aliphatic carbocycles. The second-order valence-electron chi connectivity index (χ2n) is 8.85. The number of amides is 1. The van der Waals surface area contributed by atoms with Crippen molar-refractivity contribution in [1.29, 1.82) is 0 Å². The minimum atomic E-state index is -1.17. The molecule has 0 aromatic heterocycles. The van der Waals surface area contributed by atoms with Gasteiger partial charge in [0.1, 0.15) is 17.3 Å². The van der Waals surface area contributed by atoms with Crippen LogP contribution >= 0.6 is 0 Å². The first-order chi connectivity index (χ1) is 18.3. The zero-order valence-electron chi connectivity index (χ0n) is 21.2. The van der Waals surface area contributed by atoms with Crippen molar-refractivity contribution in [1.82, 2.24) is 0 Å². The van der Waals surface area contributed by atoms with Crippen molar-refractivity contribution < 1.29 is 33.0 Å². The largest absolute Gasteiger partial charge is 0.507 e. The maximum atomic E-state index is 14.1. The number of unbranched alkanes of at least 4 members (excludes halogenated alkanes) is 2. The SMILES string of the molecule is CCCCCOc1ccc(/C(O)=C2\C(=O)C(=O)N(c3ccc(F)c(F)c3)C2c2cccc(OCC)c2)cc1. The van der Waals surface area contributed by atoms with Crippen LogP contribution < -0.4 is 14.4 Å². The standard InChI is InChI=1S/C30H29F2NO5/c1-3-5-6-16-38-22-13-10-19(11-14-22)28(34)26-27(20-8-7-9-23(17-20)37-4-2)33(30(36)29(26)35)21-12-15-24(31)25(32)18-21/h7-15,17-18,27,34H,3-6,16H2,1-2H3/b28-26+. The van der Waals surface area contributed by atoms with Crippen LogP contribution in [0.1, 0.15) is 50.3 Å². The number of hydrogen-bond donors (Lipinski definition) is 1. The molecular formula is C30H29F2NO5. The number of benzene rings is 3. The van der Waals surface area contributed by atoms with Crippen molar-refractivity contribution in [3.8, 4) is 11.5 Å². The summed E-state index contributed by atoms with van der Waals surface area (Å²) in [7, 11) is 0. The molecule has 1 heterocycles. The molecule has 0 radical (unpaired) electrons. The highest BCUT2D eigenvalue weighted by atomic mass is 19.2. The number of rotatable bonds is 10. The lowest BCUT2D eigenvalue weighted by Gasteiger charge is -2.26. The number of ether oxygens (including phenoxy) is 2. The van der Waals surface area contributed by atoms with Gasteiger partial charge in [0.15, 0.2) is 11.6 Å². The van der Waals surface area contributed by atoms with Gasteiger partial charge in [0.2, 0.25) is 0 Å². The van der Waals surface area contributed by atoms with Gasteiger partial charge in [-0.05, 0) is 67.4 Å². The van der Waals surface area contributed by atoms with Crippen LogP contribution in [-0.4, -0.2) is 30.0 Å². The van der Waals surface area contributed by atoms with Crippen LogP contribution in [0.3, 0.4) is 0 Å². The Bertz CT molecular complexity index is 1350. The Labute approximate surface area is 220 Å². The summed E-state index contributed by atoms with van der Waals surface area (Å²) in [5.74, 6) is -3.46. The number of ketones is 1. The quantitative estimate of drug-likeness (QED) is 0.142. The molecule has 1 aliphatic rings. The Morgan fingerprint density at radius 1 is 0.895 bits per heavy atom. The van der Waals surface area contributed by atoms with E-state index in [1.807, 2.05) is 6.92 Å². The van der Waals surface area contributed by atoms with E-state index >= 15 is 0 Å². The van der Waals surface area contributed by atoms with E-state index in [2.05, 4.69) is 6.92 Å². The molecule has 1 N–H and O–H groups in total. The van der Waals surface area contributed by atoms with E-state index in [4.69, 9.17) is 9.47 Å². The first-order valence-electron chi connectivity index (χ1n) is 12.6. The van der Waals surface area contributed by atoms with E-state index in [9.17, 15) is 23.5 Å². The number of nitrogens with zero attached hydrogens (tertiary/aromatic N) is 1. The van der Waals surface area contributed by atoms with Crippen LogP contribution in [0.2, 0.25) is 0 Å². The Morgan fingerprint density at radius 2 is 1.66 bits per heavy atom. The molecule has 0 spiro atoms. The van der Waals surface area contributed by atoms with Gasteiger partial charge < -0.3 is 14.6 Å². The molecule has 3 aromatic rings. The number of carbonyl (C=O) groups is 2. The smallest absolute Gasteiger partial charge is 0.300 e. The lowest BCUT2D eigenvalue weighted by molar-refractivity contribution is -0.132. The van der Waals surface area contributed by atoms with Gasteiger partial charge in [-0.3, -0.25) is 14.5 Å². The topological polar surface area (TPSA) is 76.1 Å². The van der Waals surface area contributed by atoms with Crippen molar-refractivity contribution in [3.63, 3.8) is 0 Å². The van der Waals surface area contributed by atoms with Gasteiger partial charge in [0.05, 0.1) is 24.8 Å². The van der Waals surface area contributed by atoms with Gasteiger partial charge in [-0.25, -0.2) is 8.78 Å². The maximum Gasteiger partial charge on any atom is 0.300 e. The molecule has 0 bridgehead atoms. The third kappa shape index (κ3) is 5.54. The summed E-state index contributed by atoms with van der Waals surface area (Å²) in [4.78, 5) is 27.6. The maximum absolute atomic E-state index is 14.1. The molecule has 4 rings (SSSR count). The summed E-state index contributed by atoms with van der Waals surface area (Å²) in [6.07, 6.45) is 3.06. The van der Waals surface area contributed by atoms with E-state index in [0.29, 0.717) is 35.8 Å². The predicted octanol–water partition coefficient (Wildman–Crippen LogP) is 6.56. The Morgan fingerprint density at radius 3 is 2.34 bits per heavy atom. The summed E-state index contributed by atoms with van der Waals surface area (Å²) in [6, 6.07) is 15.1. The lowest BCUT2D eigenvalue weighted by atomic mass is 9.95. The fourth-order valence-electron chi connectivity index (χ4n) is 4.40. The van der Waals surface area contributed by atoms with Crippen molar-refractivity contribution >= 4 is 23.1 Å². The highest BCUT2D eigenvalue weighted by Gasteiger charge is 2.47. The zero-order chi connectivity index (χ0) is 27.2. The summed E-state index contributed by atoms with van der Waals surface area (Å²) in [6.45, 7) is 4.87. The van der Waals surface area contributed by atoms with Gasteiger partial charge in [0, 0.05) is 17.3 Å². The van der Waals surface area contributed by atoms with Crippen LogP contribution in [0.25, 0.3) is 5.76 Å². The van der Waals surface area contributed by atoms with E-state index in [-0.39, 0.29) is 11.3 Å². The number of anilines is 1. The molecule has 1 atom stereocenters. The number of hydrogen-bond acceptors (Lipinski definition) is 5. The van der Waals surface area contributed by atoms with Gasteiger partial charge in [-0.2, -0.15) is 0 Å². The third-order valence-electron chi connectivity index (χ3n) is 6.25. The molecule has 6 nitrogen and oxygen atoms in total. The van der Waals surface area contributed by atoms with Crippen LogP contribution in [0.4, 0.5) is 14.5 Å². The molecule has 198 valence electrons. The molecule has 1 unspecified atom stereocenters. The van der Waals surface area contributed by atoms with Crippen molar-refractivity contribution in [2.24, 2.45) is 0 Å². The molecule has 8 heteroatoms. The fourth-order valence-corrected chi connectivity index (χ4v) is 4.40. The van der Waals surface area contributed by atoms with Crippen molar-refractivity contribution in [2.75, 3.05) is 18.1 Å². The van der Waals surface area contributed by atoms with Crippen LogP contribution in [0.5, 0.6) is 11.5 Å². The molecule has 1 fully saturated rings. The summed E-state index contributed by atoms with van der Waals surface area (Å²) in [5.41, 5.74) is 0.565. The highest BCUT2D eigenvalue weighted by Crippen LogP contribution is 2.43. The second kappa shape index (κ2) is 11.9. The highest BCUT2D eigenvalue weighted by molar-refractivity contribution is 6.51. The lowest BCUT2D eigenvalue weighted by Crippen LogP contribution is -2.29. The Kier molecular flexibility index (Phi) is 8.41. The van der Waals surface area contributed by atoms with E-state index < -0.39 is 35.1 Å². The minimum absolute atomic E-state index is 0.0207. The number of aliphatic hydroxyl groups is 1. The van der Waals surface area contributed by atoms with Crippen LogP contribution in [0.15, 0.2) is 72.3 Å². The van der Waals surface area contributed by atoms with Gasteiger partial charge in [-0.15, -0.1) is 0 Å². The molecule has 1 aliphatic heterocycles. The second-order valence-corrected chi connectivity index (χ2v) is 8.85. The third-order valence-corrected chi connectivity index (χ3v) is 6.25. The van der Waals surface area contributed by atoms with Crippen LogP contribution in [-0.2, 0) is 9.59 Å². The summed E-state index contributed by atoms with van der Waals surface area (Å²) >= 11 is 0. The molecule has 38 heavy (non-hydrogen) atoms. The predicted molar refractivity (Wildman–Crippen MR) is 140 cm³/mol. The van der Waals surface area contributed by atoms with E-state index in [1.165, 1.54) is 6.07 Å². The van der Waals surface area contributed by atoms with Crippen LogP contribution in [0, 0.1) is 11.6 Å². The van der Waals surface area contributed by atoms with Gasteiger partial charge in [0.25, 0.3) is 11.7 Å². The van der Waals surface area contributed by atoms with Crippen molar-refractivity contribution in [2.45, 2.75) is 39.2 Å². The zero-order valence-corrected chi connectivity index (χ0v) is 21.2. The number of Topliss-reactive ketones (excluding diaryl/α,β-unsaturated/α-hetero) is 1. The fraction of sp³-hybridized carbons (Fsp3) is 0.267. The minimum Gasteiger partial charge on any atom is -0.507 e. The average Bonchev–Trinajstić information content (AvgIpc) is 3.19. The monoisotopic (exact) mass is 521 g/mol. The first-order valence-corrected chi connectivity index (χ1v) is 12.6. The van der Waals surface area contributed by atoms with E-state index in [0.717, 1.165) is 36.3 Å². The normalized spacial score (nSPS) is 16.6. The molecule has 3 aromatic carbocycles. The molecule has 1 amide bonds. The average molecular weight is 522 g/mol. The first kappa shape index (κ1) is 26.9. The number of halogens is 2. The number of carbonyl (C=O) groups excluding carboxylic acids is 2. The van der Waals surface area contributed by atoms with Gasteiger partial charge in [-0.1, -0.05) is 31.9 Å². The Hall–Kier alpha value is -4.20. The Balaban J connectivity index is 1.79. The summed E-state index contributed by atoms with van der Waals surface area (Å²) in [5, 5.41) is 11.3. The van der Waals surface area contributed by atoms with E-state index in [1.54, 1.807) is 48.5 Å². The molecule has 0 saturated carbocycles. The number of aliphatic hydroxyl groups excluding tert-OH is 1. The summed E-state index contributed by atoms with van der Waals surface area (Å²) < 4.78 is 39.1. The molecule has 1 saturated heterocycles. The van der Waals surface area contributed by atoms with Gasteiger partial charge >= 0.3 is 0 Å².